The Hall–Kier alpha value is -2.40. The number of primary amides is 1. The molecule has 0 radical (unpaired) electrons. The van der Waals surface area contributed by atoms with Crippen LogP contribution in [0.2, 0.25) is 0 Å². The Kier molecular flexibility index (Phi) is 4.88. The van der Waals surface area contributed by atoms with E-state index in [2.05, 4.69) is 10.3 Å². The molecule has 0 atom stereocenters. The summed E-state index contributed by atoms with van der Waals surface area (Å²) in [5.41, 5.74) is 6.77. The molecule has 5 nitrogen and oxygen atoms in total. The number of aromatic nitrogens is 1. The molecule has 2 aromatic rings. The summed E-state index contributed by atoms with van der Waals surface area (Å²) in [5, 5.41) is 3.38. The third kappa shape index (κ3) is 4.29. The first kappa shape index (κ1) is 15.5. The number of benzene rings is 1. The molecule has 2 heterocycles. The molecule has 0 saturated carbocycles. The molecule has 23 heavy (non-hydrogen) atoms. The molecule has 1 aromatic heterocycles. The van der Waals surface area contributed by atoms with Gasteiger partial charge in [0.2, 0.25) is 5.91 Å². The normalized spacial score (nSPS) is 15.3. The summed E-state index contributed by atoms with van der Waals surface area (Å²) in [7, 11) is 0. The zero-order chi connectivity index (χ0) is 16.1. The van der Waals surface area contributed by atoms with E-state index < -0.39 is 5.91 Å². The fourth-order valence-corrected chi connectivity index (χ4v) is 2.86. The van der Waals surface area contributed by atoms with Crippen LogP contribution in [-0.2, 0) is 6.42 Å². The molecule has 1 aromatic carbocycles. The smallest absolute Gasteiger partial charge is 0.248 e. The third-order valence-electron chi connectivity index (χ3n) is 4.10. The van der Waals surface area contributed by atoms with Gasteiger partial charge in [-0.15, -0.1) is 0 Å². The zero-order valence-corrected chi connectivity index (χ0v) is 13.0. The van der Waals surface area contributed by atoms with Crippen molar-refractivity contribution in [2.75, 3.05) is 13.1 Å². The maximum Gasteiger partial charge on any atom is 0.248 e. The van der Waals surface area contributed by atoms with Gasteiger partial charge < -0.3 is 15.8 Å². The first-order valence-corrected chi connectivity index (χ1v) is 7.94. The van der Waals surface area contributed by atoms with Gasteiger partial charge in [-0.3, -0.25) is 9.78 Å². The molecule has 5 heteroatoms. The largest absolute Gasteiger partial charge is 0.457 e. The van der Waals surface area contributed by atoms with E-state index in [4.69, 9.17) is 10.5 Å². The zero-order valence-electron chi connectivity index (χ0n) is 13.0. The lowest BCUT2D eigenvalue weighted by molar-refractivity contribution is 0.1000. The van der Waals surface area contributed by atoms with Gasteiger partial charge in [0.25, 0.3) is 0 Å². The number of nitrogens with two attached hydrogens (primary N) is 1. The fraction of sp³-hybridized carbons (Fsp3) is 0.333. The summed E-state index contributed by atoms with van der Waals surface area (Å²) in [4.78, 5) is 15.7. The molecule has 1 fully saturated rings. The number of carbonyl (C=O) groups excluding carboxylic acids is 1. The molecule has 1 aliphatic heterocycles. The van der Waals surface area contributed by atoms with Crippen LogP contribution in [-0.4, -0.2) is 24.0 Å². The number of amides is 1. The van der Waals surface area contributed by atoms with Gasteiger partial charge in [-0.2, -0.15) is 0 Å². The molecule has 3 N–H and O–H groups in total. The van der Waals surface area contributed by atoms with Crippen LogP contribution in [0.5, 0.6) is 11.5 Å². The Morgan fingerprint density at radius 1 is 1.22 bits per heavy atom. The maximum absolute atomic E-state index is 11.2. The molecule has 0 aliphatic carbocycles. The highest BCUT2D eigenvalue weighted by Crippen LogP contribution is 2.24. The molecule has 0 spiro atoms. The molecule has 0 unspecified atom stereocenters. The van der Waals surface area contributed by atoms with E-state index >= 15 is 0 Å². The number of ether oxygens (including phenoxy) is 1. The summed E-state index contributed by atoms with van der Waals surface area (Å²) in [6.07, 6.45) is 5.12. The van der Waals surface area contributed by atoms with Crippen LogP contribution in [0.4, 0.5) is 0 Å². The van der Waals surface area contributed by atoms with E-state index in [0.717, 1.165) is 31.0 Å². The van der Waals surface area contributed by atoms with Crippen molar-refractivity contribution in [3.63, 3.8) is 0 Å². The van der Waals surface area contributed by atoms with Crippen molar-refractivity contribution in [2.24, 2.45) is 11.7 Å². The monoisotopic (exact) mass is 311 g/mol. The highest BCUT2D eigenvalue weighted by molar-refractivity contribution is 5.93. The lowest BCUT2D eigenvalue weighted by Gasteiger charge is -2.22. The van der Waals surface area contributed by atoms with Crippen LogP contribution in [0.25, 0.3) is 0 Å². The Morgan fingerprint density at radius 2 is 2.00 bits per heavy atom. The van der Waals surface area contributed by atoms with E-state index in [9.17, 15) is 4.79 Å². The number of hydrogen-bond donors (Lipinski definition) is 2. The Morgan fingerprint density at radius 3 is 2.78 bits per heavy atom. The Bertz CT molecular complexity index is 681. The first-order chi connectivity index (χ1) is 11.2. The average Bonchev–Trinajstić information content (AvgIpc) is 2.56. The second kappa shape index (κ2) is 7.24. The van der Waals surface area contributed by atoms with Crippen LogP contribution in [0.15, 0.2) is 42.6 Å². The molecule has 1 amide bonds. The number of pyridine rings is 1. The molecule has 1 aliphatic rings. The number of rotatable bonds is 5. The molecule has 120 valence electrons. The minimum atomic E-state index is -0.461. The van der Waals surface area contributed by atoms with E-state index in [-0.39, 0.29) is 0 Å². The van der Waals surface area contributed by atoms with Crippen LogP contribution in [0.3, 0.4) is 0 Å². The SMILES string of the molecule is NC(=O)c1cccc(Oc2ccnc(CC3CCNCC3)c2)c1. The van der Waals surface area contributed by atoms with Gasteiger partial charge in [-0.05, 0) is 62.5 Å². The predicted octanol–water partition coefficient (Wildman–Crippen LogP) is 2.51. The van der Waals surface area contributed by atoms with Gasteiger partial charge >= 0.3 is 0 Å². The van der Waals surface area contributed by atoms with Crippen LogP contribution in [0, 0.1) is 5.92 Å². The molecular weight excluding hydrogens is 290 g/mol. The van der Waals surface area contributed by atoms with Crippen molar-refractivity contribution in [2.45, 2.75) is 19.3 Å². The minimum absolute atomic E-state index is 0.437. The first-order valence-electron chi connectivity index (χ1n) is 7.94. The third-order valence-corrected chi connectivity index (χ3v) is 4.10. The van der Waals surface area contributed by atoms with Gasteiger partial charge in [0.15, 0.2) is 0 Å². The second-order valence-corrected chi connectivity index (χ2v) is 5.87. The van der Waals surface area contributed by atoms with Crippen molar-refractivity contribution in [1.29, 1.82) is 0 Å². The van der Waals surface area contributed by atoms with E-state index in [1.54, 1.807) is 30.5 Å². The van der Waals surface area contributed by atoms with Crippen molar-refractivity contribution in [3.05, 3.63) is 53.9 Å². The summed E-state index contributed by atoms with van der Waals surface area (Å²) in [6.45, 7) is 2.17. The van der Waals surface area contributed by atoms with Gasteiger partial charge in [-0.25, -0.2) is 0 Å². The van der Waals surface area contributed by atoms with E-state index in [1.165, 1.54) is 12.8 Å². The highest BCUT2D eigenvalue weighted by atomic mass is 16.5. The van der Waals surface area contributed by atoms with Crippen LogP contribution >= 0.6 is 0 Å². The molecular formula is C18H21N3O2. The number of nitrogens with one attached hydrogen (secondary N) is 1. The van der Waals surface area contributed by atoms with Crippen molar-refractivity contribution in [3.8, 4) is 11.5 Å². The van der Waals surface area contributed by atoms with Crippen LogP contribution < -0.4 is 15.8 Å². The van der Waals surface area contributed by atoms with E-state index in [0.29, 0.717) is 17.2 Å². The predicted molar refractivity (Wildman–Crippen MR) is 88.6 cm³/mol. The summed E-state index contributed by atoms with van der Waals surface area (Å²) >= 11 is 0. The van der Waals surface area contributed by atoms with Crippen LogP contribution in [0.1, 0.15) is 28.9 Å². The standard InChI is InChI=1S/C18H21N3O2/c19-18(22)14-2-1-3-16(11-14)23-17-6-9-21-15(12-17)10-13-4-7-20-8-5-13/h1-3,6,9,11-13,20H,4-5,7-8,10H2,(H2,19,22). The van der Waals surface area contributed by atoms with Gasteiger partial charge in [-0.1, -0.05) is 6.07 Å². The average molecular weight is 311 g/mol. The number of piperidine rings is 1. The van der Waals surface area contributed by atoms with Gasteiger partial charge in [0, 0.05) is 23.5 Å². The summed E-state index contributed by atoms with van der Waals surface area (Å²) in [5.74, 6) is 1.54. The second-order valence-electron chi connectivity index (χ2n) is 5.87. The lowest BCUT2D eigenvalue weighted by atomic mass is 9.93. The maximum atomic E-state index is 11.2. The van der Waals surface area contributed by atoms with Gasteiger partial charge in [0.05, 0.1) is 0 Å². The summed E-state index contributed by atoms with van der Waals surface area (Å²) in [6, 6.07) is 10.7. The van der Waals surface area contributed by atoms with Crippen molar-refractivity contribution < 1.29 is 9.53 Å². The summed E-state index contributed by atoms with van der Waals surface area (Å²) < 4.78 is 5.84. The highest BCUT2D eigenvalue weighted by Gasteiger charge is 2.14. The molecule has 0 bridgehead atoms. The molecule has 3 rings (SSSR count). The minimum Gasteiger partial charge on any atom is -0.457 e. The van der Waals surface area contributed by atoms with E-state index in [1.807, 2.05) is 12.1 Å². The number of nitrogens with zero attached hydrogens (tertiary/aromatic N) is 1. The fourth-order valence-electron chi connectivity index (χ4n) is 2.86. The Labute approximate surface area is 135 Å². The molecule has 1 saturated heterocycles. The Balaban J connectivity index is 1.69. The van der Waals surface area contributed by atoms with Crippen molar-refractivity contribution >= 4 is 5.91 Å². The quantitative estimate of drug-likeness (QED) is 0.889. The lowest BCUT2D eigenvalue weighted by Crippen LogP contribution is -2.28. The topological polar surface area (TPSA) is 77.2 Å². The van der Waals surface area contributed by atoms with Crippen molar-refractivity contribution in [1.82, 2.24) is 10.3 Å². The van der Waals surface area contributed by atoms with Gasteiger partial charge in [0.1, 0.15) is 11.5 Å². The number of carbonyl (C=O) groups is 1. The number of hydrogen-bond acceptors (Lipinski definition) is 4.